The first-order valence-corrected chi connectivity index (χ1v) is 7.20. The summed E-state index contributed by atoms with van der Waals surface area (Å²) in [5.74, 6) is -0.156. The number of Topliss-reactive ketones (excluding diaryl/α,β-unsaturated/α-hetero) is 1. The van der Waals surface area contributed by atoms with Crippen LogP contribution in [0.4, 0.5) is 0 Å². The fraction of sp³-hybridized carbons (Fsp3) is 0.538. The van der Waals surface area contributed by atoms with Gasteiger partial charge >= 0.3 is 0 Å². The van der Waals surface area contributed by atoms with Gasteiger partial charge < -0.3 is 10.1 Å². The molecular weight excluding hydrogens is 264 g/mol. The highest BCUT2D eigenvalue weighted by molar-refractivity contribution is 7.12. The Balaban J connectivity index is 1.74. The topological polar surface area (TPSA) is 58.6 Å². The lowest BCUT2D eigenvalue weighted by Crippen LogP contribution is -2.48. The predicted molar refractivity (Wildman–Crippen MR) is 73.5 cm³/mol. The van der Waals surface area contributed by atoms with Crippen LogP contribution < -0.4 is 5.32 Å². The van der Waals surface area contributed by atoms with Crippen molar-refractivity contribution in [2.45, 2.75) is 13.0 Å². The average Bonchev–Trinajstić information content (AvgIpc) is 2.93. The summed E-state index contributed by atoms with van der Waals surface area (Å²) in [6.07, 6.45) is 0. The summed E-state index contributed by atoms with van der Waals surface area (Å²) in [7, 11) is 0. The molecule has 1 atom stereocenters. The molecule has 0 radical (unpaired) electrons. The average molecular weight is 282 g/mol. The Kier molecular flexibility index (Phi) is 5.07. The zero-order valence-electron chi connectivity index (χ0n) is 10.9. The number of amides is 1. The van der Waals surface area contributed by atoms with Crippen molar-refractivity contribution in [3.8, 4) is 0 Å². The molecule has 1 amide bonds. The predicted octanol–water partition coefficient (Wildman–Crippen LogP) is 0.768. The van der Waals surface area contributed by atoms with E-state index in [0.717, 1.165) is 6.54 Å². The third-order valence-corrected chi connectivity index (χ3v) is 4.00. The zero-order chi connectivity index (χ0) is 13.7. The number of morpholine rings is 1. The first-order chi connectivity index (χ1) is 9.16. The number of hydrogen-bond acceptors (Lipinski definition) is 5. The Morgan fingerprint density at radius 1 is 1.58 bits per heavy atom. The maximum Gasteiger partial charge on any atom is 0.234 e. The summed E-state index contributed by atoms with van der Waals surface area (Å²) < 4.78 is 5.31. The van der Waals surface area contributed by atoms with Crippen molar-refractivity contribution >= 4 is 23.0 Å². The molecule has 1 aliphatic rings. The van der Waals surface area contributed by atoms with Crippen molar-refractivity contribution in [3.63, 3.8) is 0 Å². The number of nitrogens with zero attached hydrogens (tertiary/aromatic N) is 1. The third kappa shape index (κ3) is 4.12. The van der Waals surface area contributed by atoms with Crippen LogP contribution in [0.2, 0.25) is 0 Å². The van der Waals surface area contributed by atoms with E-state index in [-0.39, 0.29) is 24.3 Å². The van der Waals surface area contributed by atoms with Crippen LogP contribution in [-0.4, -0.2) is 55.5 Å². The van der Waals surface area contributed by atoms with Gasteiger partial charge in [-0.15, -0.1) is 11.3 Å². The second-order valence-electron chi connectivity index (χ2n) is 4.57. The fourth-order valence-corrected chi connectivity index (χ4v) is 2.60. The number of nitrogens with one attached hydrogen (secondary N) is 1. The SMILES string of the molecule is CC1COCCN1CC(=O)NCC(=O)c1cccs1. The van der Waals surface area contributed by atoms with Gasteiger partial charge in [-0.3, -0.25) is 14.5 Å². The highest BCUT2D eigenvalue weighted by Gasteiger charge is 2.21. The number of rotatable bonds is 5. The van der Waals surface area contributed by atoms with Gasteiger partial charge in [-0.1, -0.05) is 6.07 Å². The molecule has 5 nitrogen and oxygen atoms in total. The van der Waals surface area contributed by atoms with Gasteiger partial charge in [-0.25, -0.2) is 0 Å². The Hall–Kier alpha value is -1.24. The quantitative estimate of drug-likeness (QED) is 0.810. The normalized spacial score (nSPS) is 20.2. The molecule has 0 saturated carbocycles. The molecule has 104 valence electrons. The summed E-state index contributed by atoms with van der Waals surface area (Å²) in [5, 5.41) is 4.53. The highest BCUT2D eigenvalue weighted by atomic mass is 32.1. The lowest BCUT2D eigenvalue weighted by Gasteiger charge is -2.32. The Morgan fingerprint density at radius 3 is 3.11 bits per heavy atom. The van der Waals surface area contributed by atoms with Crippen LogP contribution >= 0.6 is 11.3 Å². The van der Waals surface area contributed by atoms with Gasteiger partial charge in [0, 0.05) is 12.6 Å². The molecule has 1 saturated heterocycles. The zero-order valence-corrected chi connectivity index (χ0v) is 11.7. The van der Waals surface area contributed by atoms with Gasteiger partial charge in [0.25, 0.3) is 0 Å². The molecule has 0 spiro atoms. The van der Waals surface area contributed by atoms with Crippen LogP contribution in [0.1, 0.15) is 16.6 Å². The monoisotopic (exact) mass is 282 g/mol. The molecule has 6 heteroatoms. The van der Waals surface area contributed by atoms with Crippen LogP contribution in [0.3, 0.4) is 0 Å². The maximum absolute atomic E-state index is 11.8. The van der Waals surface area contributed by atoms with Crippen molar-refractivity contribution in [2.75, 3.05) is 32.8 Å². The minimum atomic E-state index is -0.112. The van der Waals surface area contributed by atoms with Crippen LogP contribution in [0.5, 0.6) is 0 Å². The Labute approximate surface area is 116 Å². The van der Waals surface area contributed by atoms with Gasteiger partial charge in [-0.2, -0.15) is 0 Å². The molecular formula is C13H18N2O3S. The van der Waals surface area contributed by atoms with E-state index in [2.05, 4.69) is 10.2 Å². The number of carbonyl (C=O) groups excluding carboxylic acids is 2. The second kappa shape index (κ2) is 6.79. The molecule has 1 aromatic rings. The lowest BCUT2D eigenvalue weighted by molar-refractivity contribution is -0.124. The minimum absolute atomic E-state index is 0.0432. The maximum atomic E-state index is 11.8. The number of hydrogen-bond donors (Lipinski definition) is 1. The van der Waals surface area contributed by atoms with E-state index >= 15 is 0 Å². The van der Waals surface area contributed by atoms with Crippen molar-refractivity contribution < 1.29 is 14.3 Å². The summed E-state index contributed by atoms with van der Waals surface area (Å²) in [6, 6.07) is 3.84. The molecule has 1 N–H and O–H groups in total. The minimum Gasteiger partial charge on any atom is -0.379 e. The van der Waals surface area contributed by atoms with Crippen LogP contribution in [0.15, 0.2) is 17.5 Å². The summed E-state index contributed by atoms with van der Waals surface area (Å²) in [5.41, 5.74) is 0. The van der Waals surface area contributed by atoms with Crippen molar-refractivity contribution in [2.24, 2.45) is 0 Å². The third-order valence-electron chi connectivity index (χ3n) is 3.09. The van der Waals surface area contributed by atoms with Crippen molar-refractivity contribution in [1.29, 1.82) is 0 Å². The van der Waals surface area contributed by atoms with Crippen LogP contribution in [0, 0.1) is 0 Å². The standard InChI is InChI=1S/C13H18N2O3S/c1-10-9-18-5-4-15(10)8-13(17)14-7-11(16)12-3-2-6-19-12/h2-3,6,10H,4-5,7-9H2,1H3,(H,14,17). The van der Waals surface area contributed by atoms with E-state index in [1.54, 1.807) is 6.07 Å². The molecule has 2 heterocycles. The highest BCUT2D eigenvalue weighted by Crippen LogP contribution is 2.08. The van der Waals surface area contributed by atoms with Crippen molar-refractivity contribution in [3.05, 3.63) is 22.4 Å². The van der Waals surface area contributed by atoms with Gasteiger partial charge in [0.05, 0.1) is 31.2 Å². The van der Waals surface area contributed by atoms with E-state index in [9.17, 15) is 9.59 Å². The number of ether oxygens (including phenoxy) is 1. The number of thiophene rings is 1. The number of carbonyl (C=O) groups is 2. The molecule has 0 aliphatic carbocycles. The summed E-state index contributed by atoms with van der Waals surface area (Å²) in [4.78, 5) is 26.3. The van der Waals surface area contributed by atoms with E-state index in [0.29, 0.717) is 24.6 Å². The first-order valence-electron chi connectivity index (χ1n) is 6.32. The van der Waals surface area contributed by atoms with E-state index in [1.807, 2.05) is 18.4 Å². The molecule has 2 rings (SSSR count). The van der Waals surface area contributed by atoms with E-state index in [4.69, 9.17) is 4.74 Å². The van der Waals surface area contributed by atoms with Gasteiger partial charge in [0.15, 0.2) is 5.78 Å². The molecule has 19 heavy (non-hydrogen) atoms. The molecule has 0 aromatic carbocycles. The Morgan fingerprint density at radius 2 is 2.42 bits per heavy atom. The Bertz CT molecular complexity index is 433. The van der Waals surface area contributed by atoms with Gasteiger partial charge in [0.1, 0.15) is 0 Å². The number of ketones is 1. The smallest absolute Gasteiger partial charge is 0.234 e. The second-order valence-corrected chi connectivity index (χ2v) is 5.52. The van der Waals surface area contributed by atoms with Crippen LogP contribution in [0.25, 0.3) is 0 Å². The molecule has 1 unspecified atom stereocenters. The molecule has 0 bridgehead atoms. The lowest BCUT2D eigenvalue weighted by atomic mass is 10.2. The van der Waals surface area contributed by atoms with Gasteiger partial charge in [-0.05, 0) is 18.4 Å². The molecule has 1 aliphatic heterocycles. The molecule has 1 fully saturated rings. The van der Waals surface area contributed by atoms with Crippen molar-refractivity contribution in [1.82, 2.24) is 10.2 Å². The fourth-order valence-electron chi connectivity index (χ4n) is 1.94. The first kappa shape index (κ1) is 14.2. The van der Waals surface area contributed by atoms with E-state index < -0.39 is 0 Å². The van der Waals surface area contributed by atoms with Gasteiger partial charge in [0.2, 0.25) is 5.91 Å². The largest absolute Gasteiger partial charge is 0.379 e. The summed E-state index contributed by atoms with van der Waals surface area (Å²) >= 11 is 1.39. The van der Waals surface area contributed by atoms with E-state index in [1.165, 1.54) is 11.3 Å². The summed E-state index contributed by atoms with van der Waals surface area (Å²) in [6.45, 7) is 4.49. The van der Waals surface area contributed by atoms with Crippen LogP contribution in [-0.2, 0) is 9.53 Å². The molecule has 1 aromatic heterocycles.